The highest BCUT2D eigenvalue weighted by molar-refractivity contribution is 7.35. The molecule has 0 aliphatic carbocycles. The number of methoxy groups -OCH3 is 2. The minimum Gasteiger partial charge on any atom is -0.497 e. The third-order valence-electron chi connectivity index (χ3n) is 7.51. The van der Waals surface area contributed by atoms with E-state index in [1.54, 1.807) is 14.2 Å². The van der Waals surface area contributed by atoms with E-state index in [2.05, 4.69) is 84.9 Å². The van der Waals surface area contributed by atoms with Crippen LogP contribution in [-0.4, -0.2) is 14.2 Å². The van der Waals surface area contributed by atoms with E-state index in [4.69, 9.17) is 17.9 Å². The summed E-state index contributed by atoms with van der Waals surface area (Å²) in [5.41, 5.74) is 6.30. The Morgan fingerprint density at radius 3 is 1.27 bits per heavy atom. The molecule has 0 N–H and O–H groups in total. The maximum absolute atomic E-state index is 6.37. The van der Waals surface area contributed by atoms with Gasteiger partial charge in [0, 0.05) is 17.4 Å². The molecule has 1 aromatic heterocycles. The standard InChI is InChI=1S/C35H27O4P/c1-36-28-12-4-22(5-13-28)24-8-16-30-26(20-24)10-18-32-34(30)35-31-17-9-25(23-6-14-29(37-2)15-7-23)21-27(31)11-19-33(35)39-40(3)38-32/h4-21H,1-3H3. The molecule has 0 saturated heterocycles. The molecule has 196 valence electrons. The van der Waals surface area contributed by atoms with Crippen LogP contribution in [0.2, 0.25) is 0 Å². The van der Waals surface area contributed by atoms with E-state index >= 15 is 0 Å². The van der Waals surface area contributed by atoms with Crippen LogP contribution in [-0.2, 0) is 6.66 Å². The van der Waals surface area contributed by atoms with Crippen molar-refractivity contribution in [1.82, 2.24) is 0 Å². The molecule has 0 unspecified atom stereocenters. The Hall–Kier alpha value is -4.66. The van der Waals surface area contributed by atoms with Crippen molar-refractivity contribution in [3.05, 3.63) is 109 Å². The zero-order valence-electron chi connectivity index (χ0n) is 22.5. The monoisotopic (exact) mass is 542 g/mol. The molecule has 0 aliphatic heterocycles. The van der Waals surface area contributed by atoms with Crippen molar-refractivity contribution in [1.29, 1.82) is 0 Å². The fraction of sp³-hybridized carbons (Fsp3) is 0.0857. The lowest BCUT2D eigenvalue weighted by atomic mass is 9.94. The van der Waals surface area contributed by atoms with Crippen LogP contribution in [0.5, 0.6) is 11.5 Å². The minimum atomic E-state index is -1.12. The van der Waals surface area contributed by atoms with Gasteiger partial charge in [0.2, 0.25) is 8.01 Å². The number of benzene rings is 6. The summed E-state index contributed by atoms with van der Waals surface area (Å²) in [4.78, 5) is 0. The number of hydrogen-bond acceptors (Lipinski definition) is 4. The fourth-order valence-corrected chi connectivity index (χ4v) is 6.40. The maximum Gasteiger partial charge on any atom is 0.213 e. The molecular weight excluding hydrogens is 515 g/mol. The Balaban J connectivity index is 1.48. The number of rotatable bonds is 4. The molecule has 5 heteroatoms. The molecule has 7 aromatic rings. The molecule has 0 amide bonds. The van der Waals surface area contributed by atoms with Gasteiger partial charge in [-0.05, 0) is 92.3 Å². The van der Waals surface area contributed by atoms with E-state index in [9.17, 15) is 0 Å². The Labute approximate surface area is 232 Å². The average Bonchev–Trinajstić information content (AvgIpc) is 3.16. The van der Waals surface area contributed by atoms with Gasteiger partial charge in [0.15, 0.2) is 0 Å². The van der Waals surface area contributed by atoms with Gasteiger partial charge < -0.3 is 17.9 Å². The molecule has 7 rings (SSSR count). The van der Waals surface area contributed by atoms with E-state index < -0.39 is 8.01 Å². The van der Waals surface area contributed by atoms with E-state index in [0.29, 0.717) is 0 Å². The molecule has 0 atom stereocenters. The molecule has 0 saturated carbocycles. The van der Waals surface area contributed by atoms with Crippen molar-refractivity contribution in [2.24, 2.45) is 6.66 Å². The first-order valence-electron chi connectivity index (χ1n) is 13.1. The fourth-order valence-electron chi connectivity index (χ4n) is 5.51. The van der Waals surface area contributed by atoms with Crippen LogP contribution in [0.4, 0.5) is 0 Å². The summed E-state index contributed by atoms with van der Waals surface area (Å²) >= 11 is 0. The van der Waals surface area contributed by atoms with E-state index in [1.807, 2.05) is 30.9 Å². The van der Waals surface area contributed by atoms with Crippen molar-refractivity contribution in [2.75, 3.05) is 14.2 Å². The quantitative estimate of drug-likeness (QED) is 0.222. The van der Waals surface area contributed by atoms with Gasteiger partial charge in [0.05, 0.1) is 14.2 Å². The second-order valence-electron chi connectivity index (χ2n) is 9.83. The molecule has 0 fully saturated rings. The molecular formula is C35H27O4P. The maximum atomic E-state index is 6.37. The number of fused-ring (bicyclic) bond motifs is 7. The molecule has 40 heavy (non-hydrogen) atoms. The zero-order valence-corrected chi connectivity index (χ0v) is 23.4. The summed E-state index contributed by atoms with van der Waals surface area (Å²) in [6.45, 7) is 2.00. The first-order valence-corrected chi connectivity index (χ1v) is 14.8. The highest BCUT2D eigenvalue weighted by Crippen LogP contribution is 2.41. The topological polar surface area (TPSA) is 44.7 Å². The Morgan fingerprint density at radius 1 is 0.475 bits per heavy atom. The van der Waals surface area contributed by atoms with Crippen molar-refractivity contribution >= 4 is 51.5 Å². The molecule has 0 aliphatic rings. The van der Waals surface area contributed by atoms with Gasteiger partial charge >= 0.3 is 0 Å². The molecule has 4 nitrogen and oxygen atoms in total. The normalized spacial score (nSPS) is 11.4. The van der Waals surface area contributed by atoms with E-state index in [0.717, 1.165) is 77.2 Å². The van der Waals surface area contributed by atoms with Crippen molar-refractivity contribution in [2.45, 2.75) is 0 Å². The number of ether oxygens (including phenoxy) is 2. The van der Waals surface area contributed by atoms with Crippen LogP contribution in [0.1, 0.15) is 0 Å². The summed E-state index contributed by atoms with van der Waals surface area (Å²) in [6.07, 6.45) is 0. The largest absolute Gasteiger partial charge is 0.497 e. The Morgan fingerprint density at radius 2 is 0.875 bits per heavy atom. The van der Waals surface area contributed by atoms with Crippen molar-refractivity contribution in [3.8, 4) is 33.8 Å². The molecule has 6 aromatic carbocycles. The predicted octanol–water partition coefficient (Wildman–Crippen LogP) is 10.5. The average molecular weight is 543 g/mol. The number of hydrogen-bond donors (Lipinski definition) is 0. The van der Waals surface area contributed by atoms with Crippen LogP contribution >= 0.6 is 8.01 Å². The lowest BCUT2D eigenvalue weighted by Gasteiger charge is -2.10. The lowest BCUT2D eigenvalue weighted by Crippen LogP contribution is -1.85. The number of aryl methyl sites for hydroxylation is 1. The van der Waals surface area contributed by atoms with Gasteiger partial charge in [-0.3, -0.25) is 0 Å². The molecule has 0 bridgehead atoms. The van der Waals surface area contributed by atoms with Crippen LogP contribution in [0.15, 0.2) is 118 Å². The SMILES string of the molecule is COc1ccc(-c2ccc3c(ccc4op(C)oc5ccc6cc(-c7ccc(OC)cc7)ccc6c5c43)c2)cc1. The second-order valence-corrected chi connectivity index (χ2v) is 11.1. The van der Waals surface area contributed by atoms with Crippen molar-refractivity contribution < 1.29 is 17.9 Å². The van der Waals surface area contributed by atoms with Gasteiger partial charge in [-0.15, -0.1) is 0 Å². The van der Waals surface area contributed by atoms with Crippen LogP contribution in [0.3, 0.4) is 0 Å². The molecule has 0 radical (unpaired) electrons. The summed E-state index contributed by atoms with van der Waals surface area (Å²) in [6, 6.07) is 38.0. The van der Waals surface area contributed by atoms with Gasteiger partial charge in [0.25, 0.3) is 0 Å². The second kappa shape index (κ2) is 9.82. The summed E-state index contributed by atoms with van der Waals surface area (Å²) in [5, 5.41) is 6.71. The van der Waals surface area contributed by atoms with Gasteiger partial charge in [0.1, 0.15) is 22.7 Å². The third-order valence-corrected chi connectivity index (χ3v) is 8.42. The molecule has 0 spiro atoms. The van der Waals surface area contributed by atoms with Crippen LogP contribution in [0.25, 0.3) is 65.7 Å². The lowest BCUT2D eigenvalue weighted by molar-refractivity contribution is 0.415. The summed E-state index contributed by atoms with van der Waals surface area (Å²) < 4.78 is 23.4. The van der Waals surface area contributed by atoms with Crippen LogP contribution < -0.4 is 9.47 Å². The third kappa shape index (κ3) is 4.18. The van der Waals surface area contributed by atoms with Gasteiger partial charge in [-0.1, -0.05) is 60.7 Å². The smallest absolute Gasteiger partial charge is 0.213 e. The highest BCUT2D eigenvalue weighted by atomic mass is 31.1. The predicted molar refractivity (Wildman–Crippen MR) is 166 cm³/mol. The van der Waals surface area contributed by atoms with E-state index in [-0.39, 0.29) is 0 Å². The summed E-state index contributed by atoms with van der Waals surface area (Å²) in [5.74, 6) is 1.70. The first kappa shape index (κ1) is 24.4. The highest BCUT2D eigenvalue weighted by Gasteiger charge is 2.13. The summed E-state index contributed by atoms with van der Waals surface area (Å²) in [7, 11) is 2.25. The van der Waals surface area contributed by atoms with Crippen LogP contribution in [0, 0.1) is 0 Å². The van der Waals surface area contributed by atoms with Gasteiger partial charge in [-0.2, -0.15) is 0 Å². The van der Waals surface area contributed by atoms with Gasteiger partial charge in [-0.25, -0.2) is 0 Å². The Bertz CT molecular complexity index is 1930. The zero-order chi connectivity index (χ0) is 27.2. The minimum absolute atomic E-state index is 0.849. The first-order chi connectivity index (χ1) is 19.6. The van der Waals surface area contributed by atoms with Crippen molar-refractivity contribution in [3.63, 3.8) is 0 Å². The molecule has 1 heterocycles. The Kier molecular flexibility index (Phi) is 5.99. The van der Waals surface area contributed by atoms with E-state index in [1.165, 1.54) is 0 Å².